The first-order valence-corrected chi connectivity index (χ1v) is 7.29. The van der Waals surface area contributed by atoms with Gasteiger partial charge in [0.15, 0.2) is 0 Å². The molecule has 2 fully saturated rings. The van der Waals surface area contributed by atoms with Gasteiger partial charge in [0.2, 0.25) is 0 Å². The van der Waals surface area contributed by atoms with Gasteiger partial charge in [-0.25, -0.2) is 0 Å². The predicted molar refractivity (Wildman–Crippen MR) is 71.0 cm³/mol. The average molecular weight is 256 g/mol. The van der Waals surface area contributed by atoms with E-state index >= 15 is 0 Å². The van der Waals surface area contributed by atoms with Crippen LogP contribution in [0.1, 0.15) is 53.4 Å². The molecule has 2 saturated carbocycles. The van der Waals surface area contributed by atoms with Crippen molar-refractivity contribution in [1.82, 2.24) is 0 Å². The maximum absolute atomic E-state index is 10.6. The van der Waals surface area contributed by atoms with Crippen LogP contribution < -0.4 is 0 Å². The second-order valence-electron chi connectivity index (χ2n) is 7.33. The van der Waals surface area contributed by atoms with Crippen LogP contribution in [-0.4, -0.2) is 32.6 Å². The zero-order chi connectivity index (χ0) is 13.7. The molecule has 18 heavy (non-hydrogen) atoms. The fourth-order valence-corrected chi connectivity index (χ4v) is 4.30. The molecule has 3 nitrogen and oxygen atoms in total. The van der Waals surface area contributed by atoms with Gasteiger partial charge >= 0.3 is 0 Å². The molecular formula is C15H28O3. The number of aliphatic hydroxyl groups is 3. The van der Waals surface area contributed by atoms with E-state index in [9.17, 15) is 15.3 Å². The smallest absolute Gasteiger partial charge is 0.0880 e. The first-order valence-electron chi connectivity index (χ1n) is 7.29. The average Bonchev–Trinajstić information content (AvgIpc) is 2.23. The predicted octanol–water partition coefficient (Wildman–Crippen LogP) is 1.94. The Hall–Kier alpha value is -0.120. The maximum atomic E-state index is 10.6. The van der Waals surface area contributed by atoms with Gasteiger partial charge in [0.1, 0.15) is 0 Å². The molecule has 0 saturated heterocycles. The Bertz CT molecular complexity index is 307. The van der Waals surface area contributed by atoms with Crippen molar-refractivity contribution < 1.29 is 15.3 Å². The minimum absolute atomic E-state index is 0.0255. The summed E-state index contributed by atoms with van der Waals surface area (Å²) < 4.78 is 0. The van der Waals surface area contributed by atoms with E-state index < -0.39 is 17.3 Å². The molecule has 2 rings (SSSR count). The summed E-state index contributed by atoms with van der Waals surface area (Å²) in [5.41, 5.74) is -1.69. The van der Waals surface area contributed by atoms with E-state index in [4.69, 9.17) is 0 Å². The summed E-state index contributed by atoms with van der Waals surface area (Å²) in [6.45, 7) is 7.98. The molecule has 3 heteroatoms. The molecule has 0 heterocycles. The van der Waals surface area contributed by atoms with Crippen LogP contribution in [0.3, 0.4) is 0 Å². The highest BCUT2D eigenvalue weighted by Gasteiger charge is 2.55. The zero-order valence-corrected chi connectivity index (χ0v) is 12.1. The van der Waals surface area contributed by atoms with Crippen LogP contribution >= 0.6 is 0 Å². The molecule has 2 aliphatic carbocycles. The SMILES string of the molecule is CC(C)[C@@H]1CC[C@](C)(O)[C@@H]2CC[C@@](C)(O)[C@@H](O)C12. The molecular weight excluding hydrogens is 228 g/mol. The summed E-state index contributed by atoms with van der Waals surface area (Å²) >= 11 is 0. The molecule has 0 aromatic heterocycles. The van der Waals surface area contributed by atoms with E-state index in [0.717, 1.165) is 19.3 Å². The molecule has 0 amide bonds. The highest BCUT2D eigenvalue weighted by molar-refractivity contribution is 5.05. The van der Waals surface area contributed by atoms with Gasteiger partial charge in [-0.3, -0.25) is 0 Å². The van der Waals surface area contributed by atoms with Gasteiger partial charge < -0.3 is 15.3 Å². The van der Waals surface area contributed by atoms with E-state index in [1.54, 1.807) is 6.92 Å². The van der Waals surface area contributed by atoms with Gasteiger partial charge in [-0.2, -0.15) is 0 Å². The quantitative estimate of drug-likeness (QED) is 0.672. The van der Waals surface area contributed by atoms with Crippen LogP contribution in [0.4, 0.5) is 0 Å². The van der Waals surface area contributed by atoms with Crippen LogP contribution in [0.15, 0.2) is 0 Å². The lowest BCUT2D eigenvalue weighted by Crippen LogP contribution is -2.60. The Balaban J connectivity index is 2.32. The summed E-state index contributed by atoms with van der Waals surface area (Å²) in [4.78, 5) is 0. The normalized spacial score (nSPS) is 53.3. The van der Waals surface area contributed by atoms with Crippen molar-refractivity contribution in [2.45, 2.75) is 70.7 Å². The van der Waals surface area contributed by atoms with Gasteiger partial charge in [0, 0.05) is 0 Å². The summed E-state index contributed by atoms with van der Waals surface area (Å²) in [6.07, 6.45) is 2.43. The summed E-state index contributed by atoms with van der Waals surface area (Å²) in [5, 5.41) is 31.4. The minimum atomic E-state index is -0.998. The zero-order valence-electron chi connectivity index (χ0n) is 12.1. The molecule has 0 aromatic carbocycles. The Morgan fingerprint density at radius 1 is 1.00 bits per heavy atom. The van der Waals surface area contributed by atoms with Gasteiger partial charge in [-0.05, 0) is 63.2 Å². The number of fused-ring (bicyclic) bond motifs is 1. The molecule has 3 N–H and O–H groups in total. The van der Waals surface area contributed by atoms with Crippen LogP contribution in [0.25, 0.3) is 0 Å². The second kappa shape index (κ2) is 4.46. The van der Waals surface area contributed by atoms with Crippen molar-refractivity contribution in [1.29, 1.82) is 0 Å². The molecule has 1 unspecified atom stereocenters. The first kappa shape index (κ1) is 14.3. The van der Waals surface area contributed by atoms with Crippen molar-refractivity contribution in [3.63, 3.8) is 0 Å². The van der Waals surface area contributed by atoms with Crippen LogP contribution in [-0.2, 0) is 0 Å². The molecule has 2 aliphatic rings. The first-order chi connectivity index (χ1) is 8.17. The number of hydrogen-bond donors (Lipinski definition) is 3. The third-order valence-electron chi connectivity index (χ3n) is 5.56. The van der Waals surface area contributed by atoms with Crippen LogP contribution in [0.5, 0.6) is 0 Å². The van der Waals surface area contributed by atoms with Gasteiger partial charge in [-0.1, -0.05) is 13.8 Å². The fraction of sp³-hybridized carbons (Fsp3) is 1.00. The van der Waals surface area contributed by atoms with Crippen LogP contribution in [0, 0.1) is 23.7 Å². The Morgan fingerprint density at radius 3 is 2.11 bits per heavy atom. The lowest BCUT2D eigenvalue weighted by Gasteiger charge is -2.55. The largest absolute Gasteiger partial charge is 0.390 e. The summed E-state index contributed by atoms with van der Waals surface area (Å²) in [7, 11) is 0. The topological polar surface area (TPSA) is 60.7 Å². The Labute approximate surface area is 110 Å². The monoisotopic (exact) mass is 256 g/mol. The van der Waals surface area contributed by atoms with E-state index in [-0.39, 0.29) is 11.8 Å². The fourth-order valence-electron chi connectivity index (χ4n) is 4.30. The third-order valence-corrected chi connectivity index (χ3v) is 5.56. The van der Waals surface area contributed by atoms with E-state index in [1.165, 1.54) is 0 Å². The standard InChI is InChI=1S/C15H28O3/c1-9(2)10-5-7-14(3,17)11-6-8-15(4,18)13(16)12(10)11/h9-13,16-18H,5-8H2,1-4H3/t10-,11+,12?,13-,14-,15+/m0/s1. The number of rotatable bonds is 1. The van der Waals surface area contributed by atoms with E-state index in [0.29, 0.717) is 18.3 Å². The van der Waals surface area contributed by atoms with Gasteiger partial charge in [0.05, 0.1) is 17.3 Å². The van der Waals surface area contributed by atoms with E-state index in [2.05, 4.69) is 13.8 Å². The maximum Gasteiger partial charge on any atom is 0.0880 e. The molecule has 0 radical (unpaired) electrons. The number of hydrogen-bond acceptors (Lipinski definition) is 3. The Morgan fingerprint density at radius 2 is 1.56 bits per heavy atom. The molecule has 6 atom stereocenters. The van der Waals surface area contributed by atoms with Crippen molar-refractivity contribution in [3.05, 3.63) is 0 Å². The summed E-state index contributed by atoms with van der Waals surface area (Å²) in [5.74, 6) is 1.03. The van der Waals surface area contributed by atoms with Crippen LogP contribution in [0.2, 0.25) is 0 Å². The highest BCUT2D eigenvalue weighted by Crippen LogP contribution is 2.52. The lowest BCUT2D eigenvalue weighted by molar-refractivity contribution is -0.201. The molecule has 106 valence electrons. The molecule has 0 bridgehead atoms. The van der Waals surface area contributed by atoms with Crippen molar-refractivity contribution in [2.75, 3.05) is 0 Å². The Kier molecular flexibility index (Phi) is 3.54. The lowest BCUT2D eigenvalue weighted by atomic mass is 9.54. The number of aliphatic hydroxyl groups excluding tert-OH is 1. The highest BCUT2D eigenvalue weighted by atomic mass is 16.3. The molecule has 0 aromatic rings. The minimum Gasteiger partial charge on any atom is -0.390 e. The van der Waals surface area contributed by atoms with Gasteiger partial charge in [0.25, 0.3) is 0 Å². The van der Waals surface area contributed by atoms with E-state index in [1.807, 2.05) is 6.92 Å². The molecule has 0 spiro atoms. The third kappa shape index (κ3) is 2.21. The second-order valence-corrected chi connectivity index (χ2v) is 7.33. The van der Waals surface area contributed by atoms with Crippen molar-refractivity contribution in [3.8, 4) is 0 Å². The summed E-state index contributed by atoms with van der Waals surface area (Å²) in [6, 6.07) is 0. The molecule has 0 aliphatic heterocycles. The van der Waals surface area contributed by atoms with Crippen molar-refractivity contribution >= 4 is 0 Å². The van der Waals surface area contributed by atoms with Crippen molar-refractivity contribution in [2.24, 2.45) is 23.7 Å². The van der Waals surface area contributed by atoms with Gasteiger partial charge in [-0.15, -0.1) is 0 Å².